The van der Waals surface area contributed by atoms with E-state index in [0.717, 1.165) is 12.1 Å². The number of carbonyl (C=O) groups excluding carboxylic acids is 1. The van der Waals surface area contributed by atoms with Crippen LogP contribution in [0.5, 0.6) is 0 Å². The summed E-state index contributed by atoms with van der Waals surface area (Å²) in [5.41, 5.74) is 1.07. The lowest BCUT2D eigenvalue weighted by atomic mass is 9.69. The zero-order valence-corrected chi connectivity index (χ0v) is 11.2. The zero-order chi connectivity index (χ0) is 13.6. The van der Waals surface area contributed by atoms with Crippen LogP contribution in [0.2, 0.25) is 0 Å². The first-order valence-electron chi connectivity index (χ1n) is 6.76. The highest BCUT2D eigenvalue weighted by molar-refractivity contribution is 5.83. The van der Waals surface area contributed by atoms with E-state index in [1.807, 2.05) is 24.1 Å². The fraction of sp³-hybridized carbons (Fsp3) is 0.438. The second-order valence-electron chi connectivity index (χ2n) is 5.73. The maximum Gasteiger partial charge on any atom is 0.226 e. The van der Waals surface area contributed by atoms with Crippen LogP contribution in [0.15, 0.2) is 36.4 Å². The number of nitrogens with zero attached hydrogens (tertiary/aromatic N) is 1. The van der Waals surface area contributed by atoms with Crippen LogP contribution in [0.1, 0.15) is 18.4 Å². The van der Waals surface area contributed by atoms with E-state index in [9.17, 15) is 9.18 Å². The number of amides is 1. The fourth-order valence-corrected chi connectivity index (χ4v) is 3.52. The fourth-order valence-electron chi connectivity index (χ4n) is 3.52. The van der Waals surface area contributed by atoms with Crippen molar-refractivity contribution in [2.75, 3.05) is 13.6 Å². The van der Waals surface area contributed by atoms with E-state index >= 15 is 0 Å². The van der Waals surface area contributed by atoms with E-state index in [1.165, 1.54) is 12.1 Å². The van der Waals surface area contributed by atoms with Crippen molar-refractivity contribution in [2.24, 2.45) is 17.8 Å². The molecular weight excluding hydrogens is 241 g/mol. The van der Waals surface area contributed by atoms with Crippen molar-refractivity contribution in [3.8, 4) is 0 Å². The van der Waals surface area contributed by atoms with Crippen LogP contribution < -0.4 is 0 Å². The summed E-state index contributed by atoms with van der Waals surface area (Å²) in [5, 5.41) is 0. The molecule has 1 aliphatic carbocycles. The van der Waals surface area contributed by atoms with Gasteiger partial charge in [0.25, 0.3) is 0 Å². The van der Waals surface area contributed by atoms with Gasteiger partial charge in [-0.1, -0.05) is 31.2 Å². The van der Waals surface area contributed by atoms with Crippen LogP contribution in [0.3, 0.4) is 0 Å². The highest BCUT2D eigenvalue weighted by Gasteiger charge is 2.46. The molecule has 2 nitrogen and oxygen atoms in total. The average Bonchev–Trinajstić information content (AvgIpc) is 2.68. The molecule has 0 aromatic heterocycles. The van der Waals surface area contributed by atoms with Crippen LogP contribution >= 0.6 is 0 Å². The third-order valence-electron chi connectivity index (χ3n) is 4.48. The normalized spacial score (nSPS) is 33.6. The molecule has 1 aromatic rings. The molecule has 3 rings (SSSR count). The summed E-state index contributed by atoms with van der Waals surface area (Å²) < 4.78 is 13.1. The molecule has 1 aromatic carbocycles. The SMILES string of the molecule is C[C@@H]1C=C[C@@H]2CN(C)C(=O)[C@H]2[C@@H]1c1ccc(F)cc1. The number of likely N-dealkylation sites (tertiary alicyclic amines) is 1. The Bertz CT molecular complexity index is 522. The van der Waals surface area contributed by atoms with E-state index in [2.05, 4.69) is 19.1 Å². The van der Waals surface area contributed by atoms with Crippen molar-refractivity contribution in [3.63, 3.8) is 0 Å². The van der Waals surface area contributed by atoms with Gasteiger partial charge in [0.15, 0.2) is 0 Å². The first-order valence-corrected chi connectivity index (χ1v) is 6.76. The Morgan fingerprint density at radius 2 is 1.84 bits per heavy atom. The highest BCUT2D eigenvalue weighted by Crippen LogP contribution is 2.45. The zero-order valence-electron chi connectivity index (χ0n) is 11.2. The lowest BCUT2D eigenvalue weighted by Gasteiger charge is -2.33. The summed E-state index contributed by atoms with van der Waals surface area (Å²) >= 11 is 0. The Hall–Kier alpha value is -1.64. The third-order valence-corrected chi connectivity index (χ3v) is 4.48. The topological polar surface area (TPSA) is 20.3 Å². The molecule has 19 heavy (non-hydrogen) atoms. The predicted molar refractivity (Wildman–Crippen MR) is 72.1 cm³/mol. The van der Waals surface area contributed by atoms with Gasteiger partial charge >= 0.3 is 0 Å². The van der Waals surface area contributed by atoms with Gasteiger partial charge in [0, 0.05) is 25.4 Å². The van der Waals surface area contributed by atoms with Crippen molar-refractivity contribution in [2.45, 2.75) is 12.8 Å². The monoisotopic (exact) mass is 259 g/mol. The standard InChI is InChI=1S/C16H18FNO/c1-10-3-4-12-9-18(2)16(19)15(12)14(10)11-5-7-13(17)8-6-11/h3-8,10,12,14-15H,9H2,1-2H3/t10-,12-,14+,15-/m1/s1. The van der Waals surface area contributed by atoms with Crippen LogP contribution in [0.4, 0.5) is 4.39 Å². The van der Waals surface area contributed by atoms with Crippen molar-refractivity contribution >= 4 is 5.91 Å². The second-order valence-corrected chi connectivity index (χ2v) is 5.73. The minimum Gasteiger partial charge on any atom is -0.345 e. The van der Waals surface area contributed by atoms with Crippen molar-refractivity contribution < 1.29 is 9.18 Å². The molecule has 1 fully saturated rings. The maximum absolute atomic E-state index is 13.1. The lowest BCUT2D eigenvalue weighted by molar-refractivity contribution is -0.131. The first kappa shape index (κ1) is 12.4. The van der Waals surface area contributed by atoms with E-state index in [4.69, 9.17) is 0 Å². The largest absolute Gasteiger partial charge is 0.345 e. The Labute approximate surface area is 112 Å². The number of rotatable bonds is 1. The number of fused-ring (bicyclic) bond motifs is 1. The van der Waals surface area contributed by atoms with E-state index in [1.54, 1.807) is 0 Å². The van der Waals surface area contributed by atoms with E-state index in [0.29, 0.717) is 11.8 Å². The number of carbonyl (C=O) groups is 1. The molecule has 0 N–H and O–H groups in total. The van der Waals surface area contributed by atoms with Gasteiger partial charge in [-0.2, -0.15) is 0 Å². The van der Waals surface area contributed by atoms with Crippen LogP contribution in [-0.4, -0.2) is 24.4 Å². The Balaban J connectivity index is 2.00. The smallest absolute Gasteiger partial charge is 0.226 e. The van der Waals surface area contributed by atoms with Crippen molar-refractivity contribution in [3.05, 3.63) is 47.8 Å². The molecular formula is C16H18FNO. The second kappa shape index (κ2) is 4.48. The van der Waals surface area contributed by atoms with Gasteiger partial charge in [-0.3, -0.25) is 4.79 Å². The van der Waals surface area contributed by atoms with E-state index < -0.39 is 0 Å². The molecule has 3 heteroatoms. The summed E-state index contributed by atoms with van der Waals surface area (Å²) in [6, 6.07) is 6.60. The summed E-state index contributed by atoms with van der Waals surface area (Å²) in [6.45, 7) is 2.93. The summed E-state index contributed by atoms with van der Waals surface area (Å²) in [4.78, 5) is 14.2. The molecule has 1 heterocycles. The summed E-state index contributed by atoms with van der Waals surface area (Å²) in [7, 11) is 1.86. The summed E-state index contributed by atoms with van der Waals surface area (Å²) in [6.07, 6.45) is 4.37. The molecule has 1 saturated heterocycles. The number of benzene rings is 1. The molecule has 1 aliphatic heterocycles. The number of allylic oxidation sites excluding steroid dienone is 1. The number of hydrogen-bond donors (Lipinski definition) is 0. The van der Waals surface area contributed by atoms with Crippen LogP contribution in [0, 0.1) is 23.6 Å². The minimum atomic E-state index is -0.228. The van der Waals surface area contributed by atoms with Gasteiger partial charge in [0.05, 0.1) is 5.92 Å². The van der Waals surface area contributed by atoms with Gasteiger partial charge in [-0.05, 0) is 23.6 Å². The lowest BCUT2D eigenvalue weighted by Crippen LogP contribution is -2.31. The molecule has 1 amide bonds. The van der Waals surface area contributed by atoms with Gasteiger partial charge < -0.3 is 4.90 Å². The van der Waals surface area contributed by atoms with Crippen LogP contribution in [-0.2, 0) is 4.79 Å². The molecule has 100 valence electrons. The highest BCUT2D eigenvalue weighted by atomic mass is 19.1. The van der Waals surface area contributed by atoms with Gasteiger partial charge in [-0.15, -0.1) is 0 Å². The quantitative estimate of drug-likeness (QED) is 0.710. The third kappa shape index (κ3) is 1.97. The number of hydrogen-bond acceptors (Lipinski definition) is 1. The molecule has 0 radical (unpaired) electrons. The average molecular weight is 259 g/mol. The molecule has 0 unspecified atom stereocenters. The minimum absolute atomic E-state index is 0.00969. The van der Waals surface area contributed by atoms with Gasteiger partial charge in [0.2, 0.25) is 5.91 Å². The van der Waals surface area contributed by atoms with Crippen molar-refractivity contribution in [1.29, 1.82) is 0 Å². The summed E-state index contributed by atoms with van der Waals surface area (Å²) in [5.74, 6) is 0.763. The van der Waals surface area contributed by atoms with Crippen molar-refractivity contribution in [1.82, 2.24) is 4.90 Å². The van der Waals surface area contributed by atoms with E-state index in [-0.39, 0.29) is 23.6 Å². The van der Waals surface area contributed by atoms with Gasteiger partial charge in [0.1, 0.15) is 5.82 Å². The van der Waals surface area contributed by atoms with Crippen LogP contribution in [0.25, 0.3) is 0 Å². The molecule has 0 saturated carbocycles. The molecule has 2 aliphatic rings. The van der Waals surface area contributed by atoms with Gasteiger partial charge in [-0.25, -0.2) is 4.39 Å². The predicted octanol–water partition coefficient (Wildman–Crippen LogP) is 2.82. The Morgan fingerprint density at radius 1 is 1.16 bits per heavy atom. The Morgan fingerprint density at radius 3 is 2.53 bits per heavy atom. The first-order chi connectivity index (χ1) is 9.08. The molecule has 4 atom stereocenters. The molecule has 0 bridgehead atoms. The number of halogens is 1. The Kier molecular flexibility index (Phi) is 2.92. The maximum atomic E-state index is 13.1. The molecule has 0 spiro atoms.